The van der Waals surface area contributed by atoms with Crippen LogP contribution in [0.1, 0.15) is 10.4 Å². The average molecular weight is 266 g/mol. The molecule has 1 amide bonds. The van der Waals surface area contributed by atoms with Gasteiger partial charge in [-0.25, -0.2) is 4.79 Å². The minimum absolute atomic E-state index is 0.00157. The maximum Gasteiger partial charge on any atom is 0.331 e. The van der Waals surface area contributed by atoms with Gasteiger partial charge in [-0.1, -0.05) is 0 Å². The normalized spacial score (nSPS) is 19.0. The number of esters is 1. The molecule has 0 saturated carbocycles. The van der Waals surface area contributed by atoms with Crippen molar-refractivity contribution in [2.45, 2.75) is 6.04 Å². The Labute approximate surface area is 109 Å². The molecule has 0 radical (unpaired) electrons. The summed E-state index contributed by atoms with van der Waals surface area (Å²) in [5.74, 6) is -1.05. The first-order valence-corrected chi connectivity index (χ1v) is 5.79. The zero-order chi connectivity index (χ0) is 13.8. The summed E-state index contributed by atoms with van der Waals surface area (Å²) in [4.78, 5) is 39.5. The van der Waals surface area contributed by atoms with E-state index in [2.05, 4.69) is 9.72 Å². The Morgan fingerprint density at radius 1 is 1.53 bits per heavy atom. The largest absolute Gasteiger partial charge is 0.467 e. The van der Waals surface area contributed by atoms with Crippen molar-refractivity contribution >= 4 is 11.9 Å². The maximum absolute atomic E-state index is 12.3. The zero-order valence-corrected chi connectivity index (χ0v) is 10.4. The molecule has 7 heteroatoms. The second kappa shape index (κ2) is 5.66. The van der Waals surface area contributed by atoms with Crippen LogP contribution < -0.4 is 5.43 Å². The van der Waals surface area contributed by atoms with Crippen molar-refractivity contribution in [2.75, 3.05) is 26.9 Å². The molecule has 0 spiro atoms. The van der Waals surface area contributed by atoms with Crippen molar-refractivity contribution in [3.8, 4) is 0 Å². The molecule has 102 valence electrons. The molecule has 1 aliphatic rings. The van der Waals surface area contributed by atoms with Gasteiger partial charge in [-0.3, -0.25) is 9.59 Å². The predicted octanol–water partition coefficient (Wildman–Crippen LogP) is -0.611. The van der Waals surface area contributed by atoms with Crippen LogP contribution >= 0.6 is 0 Å². The number of carbonyl (C=O) groups is 2. The fourth-order valence-electron chi connectivity index (χ4n) is 1.92. The number of aromatic amines is 1. The summed E-state index contributed by atoms with van der Waals surface area (Å²) in [5, 5.41) is 0. The van der Waals surface area contributed by atoms with Gasteiger partial charge in [-0.2, -0.15) is 0 Å². The molecule has 1 aromatic rings. The third-order valence-corrected chi connectivity index (χ3v) is 2.92. The van der Waals surface area contributed by atoms with Crippen molar-refractivity contribution in [1.82, 2.24) is 9.88 Å². The summed E-state index contributed by atoms with van der Waals surface area (Å²) in [6.45, 7) is 0.639. The van der Waals surface area contributed by atoms with Gasteiger partial charge in [0, 0.05) is 25.0 Å². The lowest BCUT2D eigenvalue weighted by Crippen LogP contribution is -2.53. The van der Waals surface area contributed by atoms with Crippen LogP contribution in [0.2, 0.25) is 0 Å². The lowest BCUT2D eigenvalue weighted by molar-refractivity contribution is -0.151. The standard InChI is InChI=1S/C12H14N2O5/c1-18-12(17)9-7-19-5-4-14(9)11(16)8-6-13-3-2-10(8)15/h2-3,6,9H,4-5,7H2,1H3,(H,13,15). The Bertz CT molecular complexity index is 539. The Morgan fingerprint density at radius 3 is 3.00 bits per heavy atom. The first-order chi connectivity index (χ1) is 9.15. The smallest absolute Gasteiger partial charge is 0.331 e. The van der Waals surface area contributed by atoms with Gasteiger partial charge >= 0.3 is 5.97 Å². The van der Waals surface area contributed by atoms with E-state index < -0.39 is 17.9 Å². The maximum atomic E-state index is 12.3. The van der Waals surface area contributed by atoms with Crippen LogP contribution in [0.15, 0.2) is 23.3 Å². The Balaban J connectivity index is 2.28. The average Bonchev–Trinajstić information content (AvgIpc) is 2.46. The molecular formula is C12H14N2O5. The van der Waals surface area contributed by atoms with Crippen molar-refractivity contribution in [3.05, 3.63) is 34.2 Å². The van der Waals surface area contributed by atoms with Crippen LogP contribution in [0.4, 0.5) is 0 Å². The number of amides is 1. The molecular weight excluding hydrogens is 252 g/mol. The highest BCUT2D eigenvalue weighted by molar-refractivity contribution is 5.96. The van der Waals surface area contributed by atoms with E-state index in [9.17, 15) is 14.4 Å². The third-order valence-electron chi connectivity index (χ3n) is 2.92. The number of morpholine rings is 1. The number of ether oxygens (including phenoxy) is 2. The van der Waals surface area contributed by atoms with Crippen LogP contribution in [0.25, 0.3) is 0 Å². The first-order valence-electron chi connectivity index (χ1n) is 5.79. The minimum Gasteiger partial charge on any atom is -0.467 e. The number of carbonyl (C=O) groups excluding carboxylic acids is 2. The topological polar surface area (TPSA) is 88.7 Å². The summed E-state index contributed by atoms with van der Waals surface area (Å²) in [6.07, 6.45) is 2.77. The molecule has 1 atom stereocenters. The Hall–Kier alpha value is -2.15. The van der Waals surface area contributed by atoms with Gasteiger partial charge in [0.05, 0.1) is 20.3 Å². The summed E-state index contributed by atoms with van der Waals surface area (Å²) in [7, 11) is 1.24. The van der Waals surface area contributed by atoms with Gasteiger partial charge in [-0.15, -0.1) is 0 Å². The summed E-state index contributed by atoms with van der Waals surface area (Å²) < 4.78 is 9.81. The molecule has 1 aromatic heterocycles. The molecule has 2 rings (SSSR count). The fraction of sp³-hybridized carbons (Fsp3) is 0.417. The third kappa shape index (κ3) is 2.65. The van der Waals surface area contributed by atoms with Gasteiger partial charge < -0.3 is 19.4 Å². The van der Waals surface area contributed by atoms with Crippen LogP contribution in [-0.4, -0.2) is 54.7 Å². The number of methoxy groups -OCH3 is 1. The monoisotopic (exact) mass is 266 g/mol. The van der Waals surface area contributed by atoms with E-state index in [1.807, 2.05) is 0 Å². The molecule has 7 nitrogen and oxygen atoms in total. The second-order valence-corrected chi connectivity index (χ2v) is 4.03. The van der Waals surface area contributed by atoms with Crippen LogP contribution in [0, 0.1) is 0 Å². The van der Waals surface area contributed by atoms with E-state index >= 15 is 0 Å². The molecule has 1 aliphatic heterocycles. The molecule has 0 aromatic carbocycles. The Morgan fingerprint density at radius 2 is 2.32 bits per heavy atom. The number of hydrogen-bond acceptors (Lipinski definition) is 5. The quantitative estimate of drug-likeness (QED) is 0.721. The van der Waals surface area contributed by atoms with Crippen molar-refractivity contribution in [1.29, 1.82) is 0 Å². The molecule has 1 fully saturated rings. The van der Waals surface area contributed by atoms with E-state index in [0.29, 0.717) is 6.61 Å². The summed E-state index contributed by atoms with van der Waals surface area (Å²) in [5.41, 5.74) is -0.392. The molecule has 2 heterocycles. The minimum atomic E-state index is -0.814. The number of nitrogens with zero attached hydrogens (tertiary/aromatic N) is 1. The highest BCUT2D eigenvalue weighted by Crippen LogP contribution is 2.11. The van der Waals surface area contributed by atoms with Crippen molar-refractivity contribution in [3.63, 3.8) is 0 Å². The lowest BCUT2D eigenvalue weighted by Gasteiger charge is -2.33. The fourth-order valence-corrected chi connectivity index (χ4v) is 1.92. The molecule has 0 aliphatic carbocycles. The first kappa shape index (κ1) is 13.3. The highest BCUT2D eigenvalue weighted by atomic mass is 16.5. The zero-order valence-electron chi connectivity index (χ0n) is 10.4. The van der Waals surface area contributed by atoms with Gasteiger partial charge in [-0.05, 0) is 0 Å². The van der Waals surface area contributed by atoms with Crippen LogP contribution in [-0.2, 0) is 14.3 Å². The molecule has 1 saturated heterocycles. The van der Waals surface area contributed by atoms with E-state index in [4.69, 9.17) is 4.74 Å². The van der Waals surface area contributed by atoms with Gasteiger partial charge in [0.2, 0.25) is 0 Å². The van der Waals surface area contributed by atoms with E-state index in [1.54, 1.807) is 0 Å². The van der Waals surface area contributed by atoms with Crippen LogP contribution in [0.3, 0.4) is 0 Å². The SMILES string of the molecule is COC(=O)C1COCCN1C(=O)c1c[nH]ccc1=O. The van der Waals surface area contributed by atoms with Crippen LogP contribution in [0.5, 0.6) is 0 Å². The van der Waals surface area contributed by atoms with Gasteiger partial charge in [0.15, 0.2) is 11.5 Å². The van der Waals surface area contributed by atoms with E-state index in [-0.39, 0.29) is 24.1 Å². The number of nitrogens with one attached hydrogen (secondary N) is 1. The second-order valence-electron chi connectivity index (χ2n) is 4.03. The van der Waals surface area contributed by atoms with E-state index in [1.165, 1.54) is 30.5 Å². The number of rotatable bonds is 2. The molecule has 0 bridgehead atoms. The lowest BCUT2D eigenvalue weighted by atomic mass is 10.1. The summed E-state index contributed by atoms with van der Waals surface area (Å²) in [6, 6.07) is 0.451. The summed E-state index contributed by atoms with van der Waals surface area (Å²) >= 11 is 0. The molecule has 19 heavy (non-hydrogen) atoms. The number of aromatic nitrogens is 1. The van der Waals surface area contributed by atoms with Gasteiger partial charge in [0.25, 0.3) is 5.91 Å². The number of H-pyrrole nitrogens is 1. The predicted molar refractivity (Wildman–Crippen MR) is 64.7 cm³/mol. The Kier molecular flexibility index (Phi) is 3.96. The van der Waals surface area contributed by atoms with Crippen molar-refractivity contribution < 1.29 is 19.1 Å². The van der Waals surface area contributed by atoms with Gasteiger partial charge in [0.1, 0.15) is 5.56 Å². The highest BCUT2D eigenvalue weighted by Gasteiger charge is 2.34. The van der Waals surface area contributed by atoms with E-state index in [0.717, 1.165) is 0 Å². The van der Waals surface area contributed by atoms with Crippen molar-refractivity contribution in [2.24, 2.45) is 0 Å². The molecule has 1 N–H and O–H groups in total. The number of pyridine rings is 1. The molecule has 1 unspecified atom stereocenters. The number of hydrogen-bond donors (Lipinski definition) is 1.